The molecule has 29 heavy (non-hydrogen) atoms. The Kier molecular flexibility index (Phi) is 6.41. The minimum atomic E-state index is -0.295. The smallest absolute Gasteiger partial charge is 0.199 e. The summed E-state index contributed by atoms with van der Waals surface area (Å²) in [6, 6.07) is 16.6. The Morgan fingerprint density at radius 1 is 0.690 bits per heavy atom. The van der Waals surface area contributed by atoms with Gasteiger partial charge in [-0.3, -0.25) is 0 Å². The van der Waals surface area contributed by atoms with Crippen LogP contribution in [-0.4, -0.2) is 25.8 Å². The van der Waals surface area contributed by atoms with Gasteiger partial charge in [0.15, 0.2) is 12.6 Å². The third-order valence-corrected chi connectivity index (χ3v) is 5.91. The van der Waals surface area contributed by atoms with Crippen molar-refractivity contribution in [3.8, 4) is 11.5 Å². The normalized spacial score (nSPS) is 22.8. The van der Waals surface area contributed by atoms with E-state index in [1.54, 1.807) is 0 Å². The Labute approximate surface area is 174 Å². The molecule has 2 aliphatic rings. The topological polar surface area (TPSA) is 36.9 Å². The van der Waals surface area contributed by atoms with Crippen molar-refractivity contribution in [3.05, 3.63) is 59.7 Å². The summed E-state index contributed by atoms with van der Waals surface area (Å²) in [5.41, 5.74) is 1.97. The molecule has 2 heterocycles. The fourth-order valence-corrected chi connectivity index (χ4v) is 4.21. The molecule has 4 rings (SSSR count). The molecule has 0 spiro atoms. The Morgan fingerprint density at radius 3 is 1.55 bits per heavy atom. The lowest BCUT2D eigenvalue weighted by molar-refractivity contribution is -0.106. The first-order valence-electron chi connectivity index (χ1n) is 10.9. The van der Waals surface area contributed by atoms with Gasteiger partial charge in [-0.15, -0.1) is 0 Å². The van der Waals surface area contributed by atoms with E-state index in [9.17, 15) is 0 Å². The van der Waals surface area contributed by atoms with Crippen molar-refractivity contribution < 1.29 is 18.9 Å². The van der Waals surface area contributed by atoms with Crippen molar-refractivity contribution in [1.82, 2.24) is 0 Å². The van der Waals surface area contributed by atoms with Crippen LogP contribution < -0.4 is 9.47 Å². The van der Waals surface area contributed by atoms with Crippen LogP contribution in [0.5, 0.6) is 11.5 Å². The number of hydrogen-bond donors (Lipinski definition) is 0. The second kappa shape index (κ2) is 9.19. The molecule has 0 bridgehead atoms. The predicted octanol–water partition coefficient (Wildman–Crippen LogP) is 5.82. The summed E-state index contributed by atoms with van der Waals surface area (Å²) >= 11 is 0. The van der Waals surface area contributed by atoms with Gasteiger partial charge in [0, 0.05) is 29.4 Å². The summed E-state index contributed by atoms with van der Waals surface area (Å²) in [5.74, 6) is 1.77. The van der Waals surface area contributed by atoms with Crippen LogP contribution in [0.2, 0.25) is 0 Å². The molecule has 4 heteroatoms. The lowest BCUT2D eigenvalue weighted by Gasteiger charge is -2.33. The van der Waals surface area contributed by atoms with Gasteiger partial charge in [-0.1, -0.05) is 50.2 Å². The van der Waals surface area contributed by atoms with Crippen LogP contribution in [0.4, 0.5) is 0 Å². The number of benzene rings is 2. The van der Waals surface area contributed by atoms with Crippen LogP contribution in [0.25, 0.3) is 0 Å². The van der Waals surface area contributed by atoms with E-state index >= 15 is 0 Å². The van der Waals surface area contributed by atoms with Crippen molar-refractivity contribution in [3.63, 3.8) is 0 Å². The standard InChI is InChI=1S/C25H32O4/c1-25(2,19-11-3-5-13-21(19)28-23-15-7-9-17-26-23)20-12-4-6-14-22(20)29-24-16-8-10-18-27-24/h3-6,11-14,23-24H,7-10,15-18H2,1-2H3. The van der Waals surface area contributed by atoms with E-state index in [1.165, 1.54) is 0 Å². The Hall–Kier alpha value is -2.04. The largest absolute Gasteiger partial charge is 0.465 e. The predicted molar refractivity (Wildman–Crippen MR) is 113 cm³/mol. The molecule has 2 aromatic carbocycles. The van der Waals surface area contributed by atoms with E-state index in [0.717, 1.165) is 74.4 Å². The van der Waals surface area contributed by atoms with Gasteiger partial charge in [0.2, 0.25) is 0 Å². The lowest BCUT2D eigenvalue weighted by Crippen LogP contribution is -2.29. The summed E-state index contributed by atoms with van der Waals surface area (Å²) in [6.07, 6.45) is 6.07. The van der Waals surface area contributed by atoms with E-state index in [0.29, 0.717) is 0 Å². The second-order valence-electron chi connectivity index (χ2n) is 8.45. The molecule has 0 N–H and O–H groups in total. The highest BCUT2D eigenvalue weighted by atomic mass is 16.7. The molecule has 0 aliphatic carbocycles. The lowest BCUT2D eigenvalue weighted by atomic mass is 9.77. The fourth-order valence-electron chi connectivity index (χ4n) is 4.21. The SMILES string of the molecule is CC(C)(c1ccccc1OC1CCCCO1)c1ccccc1OC1CCCCO1. The average molecular weight is 397 g/mol. The van der Waals surface area contributed by atoms with Crippen LogP contribution in [-0.2, 0) is 14.9 Å². The zero-order valence-electron chi connectivity index (χ0n) is 17.6. The highest BCUT2D eigenvalue weighted by Gasteiger charge is 2.31. The summed E-state index contributed by atoms with van der Waals surface area (Å²) in [6.45, 7) is 5.99. The molecule has 156 valence electrons. The van der Waals surface area contributed by atoms with E-state index < -0.39 is 0 Å². The number of rotatable bonds is 6. The fraction of sp³-hybridized carbons (Fsp3) is 0.520. The molecular formula is C25H32O4. The minimum absolute atomic E-state index is 0.164. The first-order chi connectivity index (χ1) is 14.1. The van der Waals surface area contributed by atoms with Gasteiger partial charge < -0.3 is 18.9 Å². The van der Waals surface area contributed by atoms with E-state index in [4.69, 9.17) is 18.9 Å². The molecule has 2 atom stereocenters. The molecule has 4 nitrogen and oxygen atoms in total. The molecule has 2 unspecified atom stereocenters. The molecular weight excluding hydrogens is 364 g/mol. The van der Waals surface area contributed by atoms with Gasteiger partial charge in [-0.25, -0.2) is 0 Å². The molecule has 0 amide bonds. The Bertz CT molecular complexity index is 723. The third-order valence-electron chi connectivity index (χ3n) is 5.91. The van der Waals surface area contributed by atoms with Gasteiger partial charge in [0.25, 0.3) is 0 Å². The highest BCUT2D eigenvalue weighted by molar-refractivity contribution is 5.50. The summed E-state index contributed by atoms with van der Waals surface area (Å²) < 4.78 is 24.2. The van der Waals surface area contributed by atoms with Crippen LogP contribution in [0.15, 0.2) is 48.5 Å². The number of hydrogen-bond acceptors (Lipinski definition) is 4. The summed E-state index contributed by atoms with van der Waals surface area (Å²) in [7, 11) is 0. The molecule has 0 saturated carbocycles. The minimum Gasteiger partial charge on any atom is -0.465 e. The maximum absolute atomic E-state index is 6.30. The van der Waals surface area contributed by atoms with Crippen LogP contribution in [0, 0.1) is 0 Å². The number of para-hydroxylation sites is 2. The second-order valence-corrected chi connectivity index (χ2v) is 8.45. The van der Waals surface area contributed by atoms with E-state index in [2.05, 4.69) is 38.1 Å². The van der Waals surface area contributed by atoms with E-state index in [1.807, 2.05) is 24.3 Å². The van der Waals surface area contributed by atoms with Gasteiger partial charge >= 0.3 is 0 Å². The quantitative estimate of drug-likeness (QED) is 0.616. The Balaban J connectivity index is 1.61. The Morgan fingerprint density at radius 2 is 1.14 bits per heavy atom. The van der Waals surface area contributed by atoms with Gasteiger partial charge in [0.05, 0.1) is 13.2 Å². The zero-order valence-corrected chi connectivity index (χ0v) is 17.6. The van der Waals surface area contributed by atoms with Gasteiger partial charge in [0.1, 0.15) is 11.5 Å². The molecule has 0 radical (unpaired) electrons. The maximum atomic E-state index is 6.30. The molecule has 2 aliphatic heterocycles. The molecule has 0 aromatic heterocycles. The highest BCUT2D eigenvalue weighted by Crippen LogP contribution is 2.42. The first kappa shape index (κ1) is 20.2. The van der Waals surface area contributed by atoms with Crippen molar-refractivity contribution >= 4 is 0 Å². The first-order valence-corrected chi connectivity index (χ1v) is 10.9. The van der Waals surface area contributed by atoms with Gasteiger partial charge in [-0.2, -0.15) is 0 Å². The molecule has 2 fully saturated rings. The van der Waals surface area contributed by atoms with Crippen LogP contribution in [0.1, 0.15) is 63.5 Å². The van der Waals surface area contributed by atoms with Crippen LogP contribution >= 0.6 is 0 Å². The van der Waals surface area contributed by atoms with E-state index in [-0.39, 0.29) is 18.0 Å². The van der Waals surface area contributed by atoms with Crippen molar-refractivity contribution in [2.75, 3.05) is 13.2 Å². The van der Waals surface area contributed by atoms with Crippen molar-refractivity contribution in [2.24, 2.45) is 0 Å². The molecule has 2 saturated heterocycles. The van der Waals surface area contributed by atoms with Crippen LogP contribution in [0.3, 0.4) is 0 Å². The van der Waals surface area contributed by atoms with Crippen molar-refractivity contribution in [2.45, 2.75) is 70.4 Å². The average Bonchev–Trinajstić information content (AvgIpc) is 2.76. The molecule has 2 aromatic rings. The summed E-state index contributed by atoms with van der Waals surface area (Å²) in [5, 5.41) is 0. The number of ether oxygens (including phenoxy) is 4. The van der Waals surface area contributed by atoms with Gasteiger partial charge in [-0.05, 0) is 37.8 Å². The van der Waals surface area contributed by atoms with Crippen molar-refractivity contribution in [1.29, 1.82) is 0 Å². The monoisotopic (exact) mass is 396 g/mol. The third kappa shape index (κ3) is 4.76. The maximum Gasteiger partial charge on any atom is 0.199 e. The zero-order chi connectivity index (χ0) is 20.1. The summed E-state index contributed by atoms with van der Waals surface area (Å²) in [4.78, 5) is 0.